The zero-order valence-electron chi connectivity index (χ0n) is 12.8. The second-order valence-electron chi connectivity index (χ2n) is 5.61. The molecule has 0 bridgehead atoms. The zero-order valence-corrected chi connectivity index (χ0v) is 13.6. The number of nitro benzene ring substituents is 1. The minimum atomic E-state index is -4.68. The Morgan fingerprint density at radius 3 is 2.54 bits per heavy atom. The van der Waals surface area contributed by atoms with Gasteiger partial charge < -0.3 is 5.32 Å². The normalized spacial score (nSPS) is 16.0. The van der Waals surface area contributed by atoms with Gasteiger partial charge in [0.2, 0.25) is 5.91 Å². The summed E-state index contributed by atoms with van der Waals surface area (Å²) in [6, 6.07) is 2.07. The number of nitrogens with zero attached hydrogens (tertiary/aromatic N) is 1. The van der Waals surface area contributed by atoms with Crippen molar-refractivity contribution in [2.24, 2.45) is 0 Å². The summed E-state index contributed by atoms with van der Waals surface area (Å²) >= 11 is 1.48. The number of hydrogen-bond donors (Lipinski definition) is 1. The lowest BCUT2D eigenvalue weighted by Crippen LogP contribution is -2.18. The Morgan fingerprint density at radius 2 is 1.96 bits per heavy atom. The molecule has 0 aromatic heterocycles. The third-order valence-corrected chi connectivity index (χ3v) is 5.17. The number of nitrogens with one attached hydrogen (secondary N) is 1. The Morgan fingerprint density at radius 1 is 1.29 bits per heavy atom. The number of rotatable bonds is 5. The maximum absolute atomic E-state index is 12.6. The van der Waals surface area contributed by atoms with Gasteiger partial charge in [-0.25, -0.2) is 0 Å². The second kappa shape index (κ2) is 7.87. The number of carbonyl (C=O) groups excluding carboxylic acids is 1. The fourth-order valence-electron chi connectivity index (χ4n) is 2.58. The first-order chi connectivity index (χ1) is 11.3. The van der Waals surface area contributed by atoms with E-state index in [1.807, 2.05) is 0 Å². The van der Waals surface area contributed by atoms with E-state index in [-0.39, 0.29) is 11.4 Å². The lowest BCUT2D eigenvalue weighted by atomic mass is 10.0. The van der Waals surface area contributed by atoms with Crippen molar-refractivity contribution >= 4 is 29.0 Å². The van der Waals surface area contributed by atoms with Crippen molar-refractivity contribution in [2.75, 3.05) is 11.1 Å². The summed E-state index contributed by atoms with van der Waals surface area (Å²) in [5.41, 5.74) is -2.10. The Kier molecular flexibility index (Phi) is 6.09. The van der Waals surface area contributed by atoms with Gasteiger partial charge in [0.25, 0.3) is 5.69 Å². The number of alkyl halides is 3. The highest BCUT2D eigenvalue weighted by Gasteiger charge is 2.33. The summed E-state index contributed by atoms with van der Waals surface area (Å²) in [6.07, 6.45) is 0.856. The van der Waals surface area contributed by atoms with E-state index in [1.54, 1.807) is 0 Å². The molecule has 132 valence electrons. The maximum Gasteiger partial charge on any atom is 0.416 e. The van der Waals surface area contributed by atoms with Crippen molar-refractivity contribution in [3.8, 4) is 0 Å². The number of benzene rings is 1. The molecule has 24 heavy (non-hydrogen) atoms. The third-order valence-electron chi connectivity index (χ3n) is 3.80. The van der Waals surface area contributed by atoms with Crippen LogP contribution in [0, 0.1) is 10.1 Å². The van der Waals surface area contributed by atoms with Crippen molar-refractivity contribution < 1.29 is 22.9 Å². The minimum absolute atomic E-state index is 0.128. The van der Waals surface area contributed by atoms with Gasteiger partial charge in [-0.15, -0.1) is 11.8 Å². The fourth-order valence-corrected chi connectivity index (χ4v) is 3.70. The van der Waals surface area contributed by atoms with E-state index in [0.717, 1.165) is 37.8 Å². The molecule has 1 aliphatic rings. The van der Waals surface area contributed by atoms with Crippen molar-refractivity contribution in [3.05, 3.63) is 33.9 Å². The lowest BCUT2D eigenvalue weighted by Gasteiger charge is -2.20. The summed E-state index contributed by atoms with van der Waals surface area (Å²) in [5, 5.41) is 13.7. The third kappa shape index (κ3) is 5.12. The molecule has 9 heteroatoms. The summed E-state index contributed by atoms with van der Waals surface area (Å²) in [5.74, 6) is -0.323. The summed E-state index contributed by atoms with van der Waals surface area (Å²) in [4.78, 5) is 22.0. The minimum Gasteiger partial charge on any atom is -0.320 e. The Balaban J connectivity index is 2.02. The van der Waals surface area contributed by atoms with Gasteiger partial charge >= 0.3 is 6.18 Å². The first-order valence-electron chi connectivity index (χ1n) is 7.54. The molecule has 0 heterocycles. The van der Waals surface area contributed by atoms with Crippen LogP contribution in [0.5, 0.6) is 0 Å². The van der Waals surface area contributed by atoms with Crippen molar-refractivity contribution in [2.45, 2.75) is 43.5 Å². The standard InChI is InChI=1S/C15H17F3N2O3S/c16-15(17,18)10-6-7-12(13(8-10)20(22)23)19-14(21)9-24-11-4-2-1-3-5-11/h6-8,11H,1-5,9H2,(H,19,21). The quantitative estimate of drug-likeness (QED) is 0.613. The molecular weight excluding hydrogens is 345 g/mol. The van der Waals surface area contributed by atoms with Crippen LogP contribution in [-0.4, -0.2) is 21.8 Å². The van der Waals surface area contributed by atoms with Crippen LogP contribution >= 0.6 is 11.8 Å². The van der Waals surface area contributed by atoms with Crippen LogP contribution in [0.2, 0.25) is 0 Å². The molecule has 0 saturated heterocycles. The molecule has 0 aliphatic heterocycles. The number of thioether (sulfide) groups is 1. The molecule has 0 spiro atoms. The second-order valence-corrected chi connectivity index (χ2v) is 6.89. The zero-order chi connectivity index (χ0) is 17.7. The molecule has 1 aliphatic carbocycles. The van der Waals surface area contributed by atoms with Crippen LogP contribution in [0.4, 0.5) is 24.5 Å². The van der Waals surface area contributed by atoms with E-state index in [1.165, 1.54) is 18.2 Å². The summed E-state index contributed by atoms with van der Waals surface area (Å²) < 4.78 is 37.9. The lowest BCUT2D eigenvalue weighted by molar-refractivity contribution is -0.384. The predicted octanol–water partition coefficient (Wildman–Crippen LogP) is 4.62. The number of carbonyl (C=O) groups is 1. The number of hydrogen-bond acceptors (Lipinski definition) is 4. The van der Waals surface area contributed by atoms with Gasteiger partial charge in [-0.1, -0.05) is 19.3 Å². The SMILES string of the molecule is O=C(CSC1CCCCC1)Nc1ccc(C(F)(F)F)cc1[N+](=O)[O-]. The van der Waals surface area contributed by atoms with E-state index in [4.69, 9.17) is 0 Å². The van der Waals surface area contributed by atoms with E-state index in [0.29, 0.717) is 11.3 Å². The molecule has 1 saturated carbocycles. The molecule has 1 aromatic rings. The van der Waals surface area contributed by atoms with Crippen molar-refractivity contribution in [1.29, 1.82) is 0 Å². The van der Waals surface area contributed by atoms with E-state index >= 15 is 0 Å². The van der Waals surface area contributed by atoms with Gasteiger partial charge in [0, 0.05) is 11.3 Å². The van der Waals surface area contributed by atoms with Gasteiger partial charge in [-0.3, -0.25) is 14.9 Å². The maximum atomic E-state index is 12.6. The van der Waals surface area contributed by atoms with Gasteiger partial charge in [0.05, 0.1) is 16.2 Å². The van der Waals surface area contributed by atoms with Crippen molar-refractivity contribution in [1.82, 2.24) is 0 Å². The van der Waals surface area contributed by atoms with E-state index in [2.05, 4.69) is 5.32 Å². The van der Waals surface area contributed by atoms with Crippen molar-refractivity contribution in [3.63, 3.8) is 0 Å². The van der Waals surface area contributed by atoms with Gasteiger partial charge in [-0.05, 0) is 25.0 Å². The Bertz CT molecular complexity index is 616. The predicted molar refractivity (Wildman–Crippen MR) is 86.1 cm³/mol. The highest BCUT2D eigenvalue weighted by Crippen LogP contribution is 2.35. The first-order valence-corrected chi connectivity index (χ1v) is 8.59. The van der Waals surface area contributed by atoms with Crippen LogP contribution in [0.15, 0.2) is 18.2 Å². The molecule has 2 rings (SSSR count). The van der Waals surface area contributed by atoms with E-state index < -0.39 is 28.3 Å². The molecule has 0 radical (unpaired) electrons. The Labute approximate surface area is 141 Å². The molecule has 1 N–H and O–H groups in total. The molecule has 1 aromatic carbocycles. The van der Waals surface area contributed by atoms with Crippen LogP contribution in [0.25, 0.3) is 0 Å². The molecule has 0 atom stereocenters. The summed E-state index contributed by atoms with van der Waals surface area (Å²) in [7, 11) is 0. The monoisotopic (exact) mass is 362 g/mol. The van der Waals surface area contributed by atoms with Crippen LogP contribution in [0.3, 0.4) is 0 Å². The van der Waals surface area contributed by atoms with Crippen LogP contribution < -0.4 is 5.32 Å². The van der Waals surface area contributed by atoms with Crippen LogP contribution in [0.1, 0.15) is 37.7 Å². The number of anilines is 1. The average Bonchev–Trinajstić information content (AvgIpc) is 2.53. The van der Waals surface area contributed by atoms with Gasteiger partial charge in [0.15, 0.2) is 0 Å². The van der Waals surface area contributed by atoms with E-state index in [9.17, 15) is 28.1 Å². The topological polar surface area (TPSA) is 72.2 Å². The summed E-state index contributed by atoms with van der Waals surface area (Å²) in [6.45, 7) is 0. The molecule has 1 fully saturated rings. The molecule has 0 unspecified atom stereocenters. The smallest absolute Gasteiger partial charge is 0.320 e. The fraction of sp³-hybridized carbons (Fsp3) is 0.533. The highest BCUT2D eigenvalue weighted by atomic mass is 32.2. The van der Waals surface area contributed by atoms with Crippen LogP contribution in [-0.2, 0) is 11.0 Å². The van der Waals surface area contributed by atoms with Gasteiger partial charge in [0.1, 0.15) is 5.69 Å². The Hall–Kier alpha value is -1.77. The highest BCUT2D eigenvalue weighted by molar-refractivity contribution is 8.00. The largest absolute Gasteiger partial charge is 0.416 e. The molecule has 5 nitrogen and oxygen atoms in total. The number of amides is 1. The number of nitro groups is 1. The van der Waals surface area contributed by atoms with Gasteiger partial charge in [-0.2, -0.15) is 13.2 Å². The average molecular weight is 362 g/mol. The molecular formula is C15H17F3N2O3S. The first kappa shape index (κ1) is 18.6. The molecule has 1 amide bonds. The number of halogens is 3.